The fraction of sp³-hybridized carbons (Fsp3) is 0.500. The Morgan fingerprint density at radius 3 is 1.81 bits per heavy atom. The summed E-state index contributed by atoms with van der Waals surface area (Å²) in [6.45, 7) is 0. The Kier molecular flexibility index (Phi) is 1.81. The SMILES string of the molecule is OC1(c2ccco2)C(F)(F)C(F)(F)C1(F)F. The molecule has 0 aliphatic heterocycles. The zero-order chi connectivity index (χ0) is 12.4. The van der Waals surface area contributed by atoms with E-state index >= 15 is 0 Å². The number of alkyl halides is 6. The fourth-order valence-corrected chi connectivity index (χ4v) is 1.58. The summed E-state index contributed by atoms with van der Waals surface area (Å²) < 4.78 is 80.7. The molecule has 16 heavy (non-hydrogen) atoms. The maximum atomic E-state index is 12.9. The number of aliphatic hydroxyl groups is 1. The van der Waals surface area contributed by atoms with Gasteiger partial charge in [-0.15, -0.1) is 0 Å². The normalized spacial score (nSPS) is 28.4. The van der Waals surface area contributed by atoms with Crippen molar-refractivity contribution in [1.82, 2.24) is 0 Å². The molecule has 1 heterocycles. The minimum absolute atomic E-state index is 0.580. The minimum Gasteiger partial charge on any atom is -0.466 e. The van der Waals surface area contributed by atoms with Crippen LogP contribution in [0.5, 0.6) is 0 Å². The Labute approximate surface area is 84.5 Å². The summed E-state index contributed by atoms with van der Waals surface area (Å²) in [4.78, 5) is 0. The Morgan fingerprint density at radius 2 is 1.44 bits per heavy atom. The van der Waals surface area contributed by atoms with E-state index in [1.165, 1.54) is 0 Å². The van der Waals surface area contributed by atoms with Crippen molar-refractivity contribution in [2.45, 2.75) is 23.4 Å². The largest absolute Gasteiger partial charge is 0.466 e. The van der Waals surface area contributed by atoms with E-state index in [0.717, 1.165) is 12.3 Å². The van der Waals surface area contributed by atoms with Crippen LogP contribution in [0.25, 0.3) is 0 Å². The van der Waals surface area contributed by atoms with Gasteiger partial charge >= 0.3 is 17.8 Å². The van der Waals surface area contributed by atoms with E-state index in [-0.39, 0.29) is 0 Å². The van der Waals surface area contributed by atoms with Crippen molar-refractivity contribution in [2.24, 2.45) is 0 Å². The van der Waals surface area contributed by atoms with Crippen LogP contribution in [0, 0.1) is 0 Å². The van der Waals surface area contributed by atoms with Crippen LogP contribution >= 0.6 is 0 Å². The highest BCUT2D eigenvalue weighted by Gasteiger charge is 3.00. The molecule has 0 radical (unpaired) electrons. The zero-order valence-electron chi connectivity index (χ0n) is 7.36. The lowest BCUT2D eigenvalue weighted by atomic mass is 9.66. The molecule has 0 saturated heterocycles. The molecular weight excluding hydrogens is 242 g/mol. The van der Waals surface area contributed by atoms with Gasteiger partial charge in [-0.3, -0.25) is 0 Å². The number of furan rings is 1. The first-order valence-corrected chi connectivity index (χ1v) is 4.00. The first kappa shape index (κ1) is 11.3. The second-order valence-corrected chi connectivity index (χ2v) is 3.41. The molecule has 1 saturated carbocycles. The van der Waals surface area contributed by atoms with E-state index in [1.807, 2.05) is 0 Å². The Morgan fingerprint density at radius 1 is 0.938 bits per heavy atom. The summed E-state index contributed by atoms with van der Waals surface area (Å²) in [7, 11) is 0. The van der Waals surface area contributed by atoms with Crippen LogP contribution in [0.1, 0.15) is 5.76 Å². The first-order chi connectivity index (χ1) is 7.11. The highest BCUT2D eigenvalue weighted by molar-refractivity contribution is 5.34. The summed E-state index contributed by atoms with van der Waals surface area (Å²) in [5.41, 5.74) is -4.31. The van der Waals surface area contributed by atoms with Crippen LogP contribution in [0.3, 0.4) is 0 Å². The first-order valence-electron chi connectivity index (χ1n) is 4.00. The molecule has 2 nitrogen and oxygen atoms in total. The van der Waals surface area contributed by atoms with E-state index < -0.39 is 29.1 Å². The van der Waals surface area contributed by atoms with E-state index in [4.69, 9.17) is 5.11 Å². The third kappa shape index (κ3) is 0.783. The molecule has 1 fully saturated rings. The molecule has 1 N–H and O–H groups in total. The summed E-state index contributed by atoms with van der Waals surface area (Å²) >= 11 is 0. The standard InChI is InChI=1S/C8H4F6O2/c9-6(10)5(15,4-2-1-3-16-4)7(11,12)8(6,13)14/h1-3,15H. The minimum atomic E-state index is -5.61. The van der Waals surface area contributed by atoms with Crippen LogP contribution < -0.4 is 0 Å². The Hall–Kier alpha value is -1.18. The molecule has 0 bridgehead atoms. The van der Waals surface area contributed by atoms with Crippen molar-refractivity contribution in [3.8, 4) is 0 Å². The van der Waals surface area contributed by atoms with E-state index in [2.05, 4.69) is 4.42 Å². The van der Waals surface area contributed by atoms with Crippen molar-refractivity contribution in [3.63, 3.8) is 0 Å². The van der Waals surface area contributed by atoms with E-state index in [0.29, 0.717) is 6.07 Å². The average Bonchev–Trinajstić information content (AvgIpc) is 2.67. The highest BCUT2D eigenvalue weighted by atomic mass is 19.4. The number of halogens is 6. The van der Waals surface area contributed by atoms with Gasteiger partial charge in [0.1, 0.15) is 5.76 Å². The van der Waals surface area contributed by atoms with Gasteiger partial charge in [0.05, 0.1) is 6.26 Å². The third-order valence-corrected chi connectivity index (χ3v) is 2.58. The molecular formula is C8H4F6O2. The predicted molar refractivity (Wildman–Crippen MR) is 37.4 cm³/mol. The summed E-state index contributed by atoms with van der Waals surface area (Å²) in [5.74, 6) is -17.5. The third-order valence-electron chi connectivity index (χ3n) is 2.58. The Balaban J connectivity index is 2.59. The monoisotopic (exact) mass is 246 g/mol. The molecule has 8 heteroatoms. The maximum Gasteiger partial charge on any atom is 0.379 e. The molecule has 0 unspecified atom stereocenters. The van der Waals surface area contributed by atoms with Crippen LogP contribution in [0.15, 0.2) is 22.8 Å². The molecule has 0 atom stereocenters. The number of hydrogen-bond donors (Lipinski definition) is 1. The molecule has 1 aromatic rings. The molecule has 2 rings (SSSR count). The van der Waals surface area contributed by atoms with Crippen LogP contribution in [0.4, 0.5) is 26.3 Å². The fourth-order valence-electron chi connectivity index (χ4n) is 1.58. The second-order valence-electron chi connectivity index (χ2n) is 3.41. The van der Waals surface area contributed by atoms with Gasteiger partial charge in [-0.2, -0.15) is 26.3 Å². The molecule has 0 spiro atoms. The van der Waals surface area contributed by atoms with Crippen molar-refractivity contribution in [1.29, 1.82) is 0 Å². The number of rotatable bonds is 1. The predicted octanol–water partition coefficient (Wildman–Crippen LogP) is 2.39. The van der Waals surface area contributed by atoms with Gasteiger partial charge in [-0.25, -0.2) is 0 Å². The van der Waals surface area contributed by atoms with Gasteiger partial charge < -0.3 is 9.52 Å². The van der Waals surface area contributed by atoms with E-state index in [9.17, 15) is 26.3 Å². The molecule has 1 aliphatic carbocycles. The van der Waals surface area contributed by atoms with Crippen molar-refractivity contribution >= 4 is 0 Å². The lowest BCUT2D eigenvalue weighted by Gasteiger charge is -2.54. The van der Waals surface area contributed by atoms with Crippen LogP contribution in [-0.2, 0) is 5.60 Å². The van der Waals surface area contributed by atoms with Crippen molar-refractivity contribution < 1.29 is 35.9 Å². The van der Waals surface area contributed by atoms with Gasteiger partial charge in [0.2, 0.25) is 0 Å². The highest BCUT2D eigenvalue weighted by Crippen LogP contribution is 2.70. The lowest BCUT2D eigenvalue weighted by molar-refractivity contribution is -0.501. The zero-order valence-corrected chi connectivity index (χ0v) is 7.36. The molecule has 0 aromatic carbocycles. The molecule has 1 aromatic heterocycles. The smallest absolute Gasteiger partial charge is 0.379 e. The maximum absolute atomic E-state index is 12.9. The second kappa shape index (κ2) is 2.55. The van der Waals surface area contributed by atoms with Gasteiger partial charge in [-0.1, -0.05) is 0 Å². The number of hydrogen-bond acceptors (Lipinski definition) is 2. The summed E-state index contributed by atoms with van der Waals surface area (Å²) in [6, 6.07) is 1.51. The quantitative estimate of drug-likeness (QED) is 0.772. The van der Waals surface area contributed by atoms with Crippen LogP contribution in [0.2, 0.25) is 0 Å². The van der Waals surface area contributed by atoms with Crippen molar-refractivity contribution in [3.05, 3.63) is 24.2 Å². The average molecular weight is 246 g/mol. The molecule has 1 aliphatic rings. The van der Waals surface area contributed by atoms with Crippen molar-refractivity contribution in [2.75, 3.05) is 0 Å². The summed E-state index contributed by atoms with van der Waals surface area (Å²) in [6.07, 6.45) is 0.718. The Bertz CT molecular complexity index is 392. The molecule has 90 valence electrons. The van der Waals surface area contributed by atoms with Gasteiger partial charge in [0.25, 0.3) is 5.60 Å². The lowest BCUT2D eigenvalue weighted by Crippen LogP contribution is -2.84. The van der Waals surface area contributed by atoms with Crippen LogP contribution in [-0.4, -0.2) is 22.9 Å². The van der Waals surface area contributed by atoms with Gasteiger partial charge in [-0.05, 0) is 12.1 Å². The molecule has 0 amide bonds. The van der Waals surface area contributed by atoms with E-state index in [1.54, 1.807) is 0 Å². The van der Waals surface area contributed by atoms with Gasteiger partial charge in [0, 0.05) is 0 Å². The van der Waals surface area contributed by atoms with Gasteiger partial charge in [0.15, 0.2) is 0 Å². The summed E-state index contributed by atoms with van der Waals surface area (Å²) in [5, 5.41) is 9.09. The topological polar surface area (TPSA) is 33.4 Å².